The van der Waals surface area contributed by atoms with Gasteiger partial charge in [-0.3, -0.25) is 4.98 Å². The van der Waals surface area contributed by atoms with Gasteiger partial charge < -0.3 is 4.74 Å². The highest BCUT2D eigenvalue weighted by atomic mass is 16.5. The van der Waals surface area contributed by atoms with Gasteiger partial charge in [-0.2, -0.15) is 5.21 Å². The van der Waals surface area contributed by atoms with E-state index in [9.17, 15) is 0 Å². The van der Waals surface area contributed by atoms with Crippen molar-refractivity contribution in [2.75, 3.05) is 7.11 Å². The van der Waals surface area contributed by atoms with E-state index in [2.05, 4.69) is 55.9 Å². The van der Waals surface area contributed by atoms with E-state index in [0.29, 0.717) is 5.82 Å². The van der Waals surface area contributed by atoms with Gasteiger partial charge in [0, 0.05) is 16.8 Å². The molecule has 4 rings (SSSR count). The van der Waals surface area contributed by atoms with Crippen LogP contribution in [0.15, 0.2) is 54.6 Å². The number of nitrogens with zero attached hydrogens (tertiary/aromatic N) is 4. The van der Waals surface area contributed by atoms with Crippen molar-refractivity contribution in [2.45, 2.75) is 13.8 Å². The van der Waals surface area contributed by atoms with Crippen LogP contribution in [0.3, 0.4) is 0 Å². The highest BCUT2D eigenvalue weighted by Gasteiger charge is 2.13. The number of benzene rings is 2. The fourth-order valence-electron chi connectivity index (χ4n) is 3.32. The molecule has 6 heteroatoms. The van der Waals surface area contributed by atoms with Gasteiger partial charge in [-0.15, -0.1) is 10.2 Å². The number of H-pyrrole nitrogens is 1. The molecule has 2 aromatic heterocycles. The molecule has 0 radical (unpaired) electrons. The van der Waals surface area contributed by atoms with Gasteiger partial charge in [-0.05, 0) is 41.8 Å². The van der Waals surface area contributed by atoms with E-state index in [1.807, 2.05) is 38.1 Å². The molecule has 0 unspecified atom stereocenters. The second kappa shape index (κ2) is 6.99. The average Bonchev–Trinajstić information content (AvgIpc) is 3.22. The molecule has 0 atom stereocenters. The molecule has 0 saturated heterocycles. The van der Waals surface area contributed by atoms with Gasteiger partial charge >= 0.3 is 0 Å². The third kappa shape index (κ3) is 3.17. The largest absolute Gasteiger partial charge is 0.494 e. The Balaban J connectivity index is 1.77. The smallest absolute Gasteiger partial charge is 0.205 e. The van der Waals surface area contributed by atoms with E-state index in [4.69, 9.17) is 4.74 Å². The van der Waals surface area contributed by atoms with Crippen molar-refractivity contribution in [1.82, 2.24) is 25.6 Å². The Morgan fingerprint density at radius 3 is 2.15 bits per heavy atom. The second-order valence-corrected chi connectivity index (χ2v) is 6.29. The molecule has 0 aliphatic rings. The van der Waals surface area contributed by atoms with Gasteiger partial charge in [0.25, 0.3) is 0 Å². The van der Waals surface area contributed by atoms with Crippen LogP contribution in [-0.4, -0.2) is 32.7 Å². The molecule has 0 aliphatic carbocycles. The molecule has 134 valence electrons. The summed E-state index contributed by atoms with van der Waals surface area (Å²) in [5, 5.41) is 14.4. The summed E-state index contributed by atoms with van der Waals surface area (Å²) in [6, 6.07) is 18.5. The lowest BCUT2D eigenvalue weighted by Crippen LogP contribution is -1.96. The normalized spacial score (nSPS) is 10.8. The highest BCUT2D eigenvalue weighted by Crippen LogP contribution is 2.35. The molecule has 1 N–H and O–H groups in total. The Bertz CT molecular complexity index is 1070. The van der Waals surface area contributed by atoms with Crippen molar-refractivity contribution in [3.05, 3.63) is 66.0 Å². The third-order valence-corrected chi connectivity index (χ3v) is 4.49. The summed E-state index contributed by atoms with van der Waals surface area (Å²) in [4.78, 5) is 4.49. The fourth-order valence-corrected chi connectivity index (χ4v) is 3.32. The van der Waals surface area contributed by atoms with Crippen molar-refractivity contribution in [3.8, 4) is 39.4 Å². The van der Waals surface area contributed by atoms with Crippen LogP contribution in [0.1, 0.15) is 11.4 Å². The van der Waals surface area contributed by atoms with E-state index >= 15 is 0 Å². The first-order valence-corrected chi connectivity index (χ1v) is 8.63. The zero-order valence-electron chi connectivity index (χ0n) is 15.4. The first-order valence-electron chi connectivity index (χ1n) is 8.63. The van der Waals surface area contributed by atoms with Gasteiger partial charge in [0.2, 0.25) is 5.82 Å². The zero-order chi connectivity index (χ0) is 18.8. The Morgan fingerprint density at radius 2 is 1.52 bits per heavy atom. The second-order valence-electron chi connectivity index (χ2n) is 6.29. The first-order chi connectivity index (χ1) is 13.2. The number of aryl methyl sites for hydroxylation is 2. The average molecular weight is 357 g/mol. The summed E-state index contributed by atoms with van der Waals surface area (Å²) >= 11 is 0. The Kier molecular flexibility index (Phi) is 4.38. The number of ether oxygens (including phenoxy) is 1. The predicted molar refractivity (Wildman–Crippen MR) is 104 cm³/mol. The Hall–Kier alpha value is -3.54. The number of hydrogen-bond donors (Lipinski definition) is 1. The van der Waals surface area contributed by atoms with Crippen molar-refractivity contribution < 1.29 is 4.74 Å². The summed E-state index contributed by atoms with van der Waals surface area (Å²) in [5.41, 5.74) is 7.06. The van der Waals surface area contributed by atoms with Crippen LogP contribution in [0.2, 0.25) is 0 Å². The quantitative estimate of drug-likeness (QED) is 0.592. The summed E-state index contributed by atoms with van der Waals surface area (Å²) in [7, 11) is 1.68. The van der Waals surface area contributed by atoms with E-state index in [1.54, 1.807) is 7.11 Å². The molecule has 0 fully saturated rings. The minimum atomic E-state index is 0.580. The number of nitrogens with one attached hydrogen (secondary N) is 1. The Labute approximate surface area is 157 Å². The van der Waals surface area contributed by atoms with Crippen molar-refractivity contribution in [1.29, 1.82) is 0 Å². The van der Waals surface area contributed by atoms with Gasteiger partial charge in [-0.1, -0.05) is 48.5 Å². The molecular weight excluding hydrogens is 338 g/mol. The van der Waals surface area contributed by atoms with Gasteiger partial charge in [-0.25, -0.2) is 0 Å². The summed E-state index contributed by atoms with van der Waals surface area (Å²) in [6.07, 6.45) is 0. The van der Waals surface area contributed by atoms with Crippen molar-refractivity contribution in [2.24, 2.45) is 0 Å². The molecule has 0 bridgehead atoms. The van der Waals surface area contributed by atoms with Crippen LogP contribution < -0.4 is 4.74 Å². The number of rotatable bonds is 4. The maximum Gasteiger partial charge on any atom is 0.205 e. The standard InChI is InChI=1S/C21H19N5O/c1-13-12-19(20(27-3)14(2)22-13)16-10-8-15(9-11-16)17-6-4-5-7-18(17)21-23-25-26-24-21/h4-12H,1-3H3,(H,23,24,25,26). The lowest BCUT2D eigenvalue weighted by molar-refractivity contribution is 0.410. The molecule has 0 spiro atoms. The van der Waals surface area contributed by atoms with Crippen LogP contribution in [0, 0.1) is 13.8 Å². The topological polar surface area (TPSA) is 76.6 Å². The monoisotopic (exact) mass is 357 g/mol. The van der Waals surface area contributed by atoms with Crippen LogP contribution in [-0.2, 0) is 0 Å². The van der Waals surface area contributed by atoms with Crippen LogP contribution in [0.25, 0.3) is 33.6 Å². The number of tetrazole rings is 1. The number of aromatic amines is 1. The molecule has 0 aliphatic heterocycles. The maximum absolute atomic E-state index is 5.58. The van der Waals surface area contributed by atoms with Crippen LogP contribution in [0.5, 0.6) is 5.75 Å². The number of aromatic nitrogens is 5. The molecule has 2 heterocycles. The zero-order valence-corrected chi connectivity index (χ0v) is 15.4. The van der Waals surface area contributed by atoms with Gasteiger partial charge in [0.15, 0.2) is 0 Å². The van der Waals surface area contributed by atoms with Crippen LogP contribution >= 0.6 is 0 Å². The number of pyridine rings is 1. The third-order valence-electron chi connectivity index (χ3n) is 4.49. The molecule has 0 saturated carbocycles. The SMILES string of the molecule is COc1c(-c2ccc(-c3ccccc3-c3nn[nH]n3)cc2)cc(C)nc1C. The van der Waals surface area contributed by atoms with E-state index in [0.717, 1.165) is 45.0 Å². The van der Waals surface area contributed by atoms with E-state index < -0.39 is 0 Å². The maximum atomic E-state index is 5.58. The summed E-state index contributed by atoms with van der Waals surface area (Å²) in [6.45, 7) is 3.95. The molecule has 2 aromatic carbocycles. The fraction of sp³-hybridized carbons (Fsp3) is 0.143. The lowest BCUT2D eigenvalue weighted by Gasteiger charge is -2.13. The first kappa shape index (κ1) is 16.9. The summed E-state index contributed by atoms with van der Waals surface area (Å²) < 4.78 is 5.58. The summed E-state index contributed by atoms with van der Waals surface area (Å²) in [5.74, 6) is 1.39. The number of hydrogen-bond acceptors (Lipinski definition) is 5. The van der Waals surface area contributed by atoms with Gasteiger partial charge in [0.05, 0.1) is 12.8 Å². The highest BCUT2D eigenvalue weighted by molar-refractivity contribution is 5.82. The van der Waals surface area contributed by atoms with Crippen molar-refractivity contribution >= 4 is 0 Å². The predicted octanol–water partition coefficient (Wildman–Crippen LogP) is 4.22. The Morgan fingerprint density at radius 1 is 0.852 bits per heavy atom. The lowest BCUT2D eigenvalue weighted by atomic mass is 9.96. The number of methoxy groups -OCH3 is 1. The van der Waals surface area contributed by atoms with Crippen LogP contribution in [0.4, 0.5) is 0 Å². The minimum Gasteiger partial charge on any atom is -0.494 e. The molecule has 27 heavy (non-hydrogen) atoms. The van der Waals surface area contributed by atoms with E-state index in [-0.39, 0.29) is 0 Å². The van der Waals surface area contributed by atoms with Gasteiger partial charge in [0.1, 0.15) is 5.75 Å². The van der Waals surface area contributed by atoms with Crippen molar-refractivity contribution in [3.63, 3.8) is 0 Å². The minimum absolute atomic E-state index is 0.580. The van der Waals surface area contributed by atoms with E-state index in [1.165, 1.54) is 0 Å². The molecule has 0 amide bonds. The molecular formula is C21H19N5O. The molecule has 6 nitrogen and oxygen atoms in total. The molecule has 4 aromatic rings.